The third-order valence-electron chi connectivity index (χ3n) is 3.36. The summed E-state index contributed by atoms with van der Waals surface area (Å²) in [6, 6.07) is 20.5. The van der Waals surface area contributed by atoms with Crippen LogP contribution >= 0.6 is 15.9 Å². The maximum atomic E-state index is 12.3. The molecule has 2 aromatic carbocycles. The summed E-state index contributed by atoms with van der Waals surface area (Å²) in [4.78, 5) is 16.4. The molecule has 0 radical (unpaired) electrons. The lowest BCUT2D eigenvalue weighted by atomic mass is 10.0. The minimum Gasteiger partial charge on any atom is -0.267 e. The van der Waals surface area contributed by atoms with E-state index in [0.717, 1.165) is 15.6 Å². The first-order chi connectivity index (χ1) is 11.7. The maximum absolute atomic E-state index is 12.3. The molecular formula is C19H14BrN3O. The van der Waals surface area contributed by atoms with E-state index in [0.29, 0.717) is 11.3 Å². The summed E-state index contributed by atoms with van der Waals surface area (Å²) in [7, 11) is 0. The Labute approximate surface area is 148 Å². The predicted molar refractivity (Wildman–Crippen MR) is 97.9 cm³/mol. The molecule has 0 saturated carbocycles. The van der Waals surface area contributed by atoms with E-state index in [9.17, 15) is 4.79 Å². The second-order valence-electron chi connectivity index (χ2n) is 5.02. The Balaban J connectivity index is 1.90. The summed E-state index contributed by atoms with van der Waals surface area (Å²) in [5.74, 6) is -0.264. The van der Waals surface area contributed by atoms with Gasteiger partial charge in [0.05, 0.1) is 5.71 Å². The Kier molecular flexibility index (Phi) is 5.13. The fourth-order valence-electron chi connectivity index (χ4n) is 2.17. The van der Waals surface area contributed by atoms with Crippen LogP contribution in [-0.2, 0) is 0 Å². The Bertz CT molecular complexity index is 805. The van der Waals surface area contributed by atoms with E-state index in [-0.39, 0.29) is 5.91 Å². The zero-order valence-electron chi connectivity index (χ0n) is 12.7. The third kappa shape index (κ3) is 3.94. The van der Waals surface area contributed by atoms with E-state index in [1.165, 1.54) is 0 Å². The molecule has 0 atom stereocenters. The number of rotatable bonds is 4. The smallest absolute Gasteiger partial charge is 0.267 e. The highest BCUT2D eigenvalue weighted by atomic mass is 79.9. The molecule has 0 unspecified atom stereocenters. The fourth-order valence-corrected chi connectivity index (χ4v) is 2.43. The lowest BCUT2D eigenvalue weighted by molar-refractivity contribution is 0.0955. The van der Waals surface area contributed by atoms with Gasteiger partial charge in [-0.25, -0.2) is 5.43 Å². The van der Waals surface area contributed by atoms with E-state index in [1.54, 1.807) is 24.5 Å². The second-order valence-corrected chi connectivity index (χ2v) is 5.93. The van der Waals surface area contributed by atoms with Gasteiger partial charge in [-0.3, -0.25) is 9.78 Å². The number of pyridine rings is 1. The van der Waals surface area contributed by atoms with Crippen molar-refractivity contribution in [3.63, 3.8) is 0 Å². The molecule has 0 spiro atoms. The summed E-state index contributed by atoms with van der Waals surface area (Å²) < 4.78 is 0.919. The summed E-state index contributed by atoms with van der Waals surface area (Å²) in [5.41, 5.74) is 5.56. The van der Waals surface area contributed by atoms with Gasteiger partial charge in [-0.2, -0.15) is 5.10 Å². The lowest BCUT2D eigenvalue weighted by Crippen LogP contribution is -2.20. The van der Waals surface area contributed by atoms with E-state index < -0.39 is 0 Å². The molecule has 0 aliphatic carbocycles. The Morgan fingerprint density at radius 3 is 2.25 bits per heavy atom. The van der Waals surface area contributed by atoms with Gasteiger partial charge in [0, 0.05) is 33.6 Å². The largest absolute Gasteiger partial charge is 0.271 e. The van der Waals surface area contributed by atoms with Crippen LogP contribution in [0.1, 0.15) is 21.5 Å². The first-order valence-electron chi connectivity index (χ1n) is 7.33. The SMILES string of the molecule is O=C(N/N=C(/c1ccccc1)c1cccnc1)c1ccc(Br)cc1. The van der Waals surface area contributed by atoms with Crippen LogP contribution in [0, 0.1) is 0 Å². The number of carbonyl (C=O) groups excluding carboxylic acids is 1. The standard InChI is InChI=1S/C19H14BrN3O/c20-17-10-8-15(9-11-17)19(24)23-22-18(14-5-2-1-3-6-14)16-7-4-12-21-13-16/h1-13H,(H,23,24)/b22-18-. The van der Waals surface area contributed by atoms with Gasteiger partial charge in [0.1, 0.15) is 0 Å². The summed E-state index contributed by atoms with van der Waals surface area (Å²) in [6.45, 7) is 0. The van der Waals surface area contributed by atoms with Crippen LogP contribution in [0.2, 0.25) is 0 Å². The van der Waals surface area contributed by atoms with Crippen LogP contribution < -0.4 is 5.43 Å². The van der Waals surface area contributed by atoms with Gasteiger partial charge in [0.2, 0.25) is 0 Å². The number of nitrogens with zero attached hydrogens (tertiary/aromatic N) is 2. The number of aromatic nitrogens is 1. The van der Waals surface area contributed by atoms with Gasteiger partial charge < -0.3 is 0 Å². The first kappa shape index (κ1) is 16.1. The third-order valence-corrected chi connectivity index (χ3v) is 3.89. The normalized spacial score (nSPS) is 11.1. The number of nitrogens with one attached hydrogen (secondary N) is 1. The van der Waals surface area contributed by atoms with Crippen LogP contribution in [0.25, 0.3) is 0 Å². The van der Waals surface area contributed by atoms with E-state index >= 15 is 0 Å². The summed E-state index contributed by atoms with van der Waals surface area (Å²) in [6.07, 6.45) is 3.42. The fraction of sp³-hybridized carbons (Fsp3) is 0. The Morgan fingerprint density at radius 2 is 1.58 bits per heavy atom. The molecule has 1 aromatic heterocycles. The van der Waals surface area contributed by atoms with Crippen molar-refractivity contribution in [1.82, 2.24) is 10.4 Å². The summed E-state index contributed by atoms with van der Waals surface area (Å²) >= 11 is 3.35. The van der Waals surface area contributed by atoms with Gasteiger partial charge in [-0.1, -0.05) is 46.3 Å². The number of amides is 1. The van der Waals surface area contributed by atoms with Crippen molar-refractivity contribution in [3.8, 4) is 0 Å². The summed E-state index contributed by atoms with van der Waals surface area (Å²) in [5, 5.41) is 4.33. The Hall–Kier alpha value is -2.79. The molecule has 24 heavy (non-hydrogen) atoms. The molecule has 0 fully saturated rings. The number of hydrogen-bond donors (Lipinski definition) is 1. The lowest BCUT2D eigenvalue weighted by Gasteiger charge is -2.07. The van der Waals surface area contributed by atoms with Crippen LogP contribution in [0.3, 0.4) is 0 Å². The highest BCUT2D eigenvalue weighted by Crippen LogP contribution is 2.12. The first-order valence-corrected chi connectivity index (χ1v) is 8.13. The van der Waals surface area contributed by atoms with E-state index in [4.69, 9.17) is 0 Å². The Morgan fingerprint density at radius 1 is 0.875 bits per heavy atom. The van der Waals surface area contributed by atoms with Gasteiger partial charge in [-0.15, -0.1) is 0 Å². The minimum atomic E-state index is -0.264. The number of hydrogen-bond acceptors (Lipinski definition) is 3. The van der Waals surface area contributed by atoms with Crippen molar-refractivity contribution in [2.24, 2.45) is 5.10 Å². The molecule has 4 nitrogen and oxygen atoms in total. The molecule has 1 N–H and O–H groups in total. The van der Waals surface area contributed by atoms with E-state index in [2.05, 4.69) is 31.4 Å². The van der Waals surface area contributed by atoms with Crippen molar-refractivity contribution >= 4 is 27.5 Å². The topological polar surface area (TPSA) is 54.4 Å². The highest BCUT2D eigenvalue weighted by molar-refractivity contribution is 9.10. The van der Waals surface area contributed by atoms with Crippen LogP contribution in [0.5, 0.6) is 0 Å². The highest BCUT2D eigenvalue weighted by Gasteiger charge is 2.09. The van der Waals surface area contributed by atoms with Gasteiger partial charge >= 0.3 is 0 Å². The van der Waals surface area contributed by atoms with Crippen LogP contribution in [-0.4, -0.2) is 16.6 Å². The molecule has 0 aliphatic rings. The molecule has 1 amide bonds. The molecule has 5 heteroatoms. The quantitative estimate of drug-likeness (QED) is 0.549. The van der Waals surface area contributed by atoms with Gasteiger partial charge in [0.15, 0.2) is 0 Å². The molecule has 3 rings (SSSR count). The van der Waals surface area contributed by atoms with Gasteiger partial charge in [-0.05, 0) is 36.4 Å². The zero-order valence-corrected chi connectivity index (χ0v) is 14.3. The maximum Gasteiger partial charge on any atom is 0.271 e. The average molecular weight is 380 g/mol. The van der Waals surface area contributed by atoms with Gasteiger partial charge in [0.25, 0.3) is 5.91 Å². The van der Waals surface area contributed by atoms with Crippen LogP contribution in [0.15, 0.2) is 88.7 Å². The number of halogens is 1. The predicted octanol–water partition coefficient (Wildman–Crippen LogP) is 4.03. The second kappa shape index (κ2) is 7.66. The minimum absolute atomic E-state index is 0.264. The molecule has 118 valence electrons. The van der Waals surface area contributed by atoms with Crippen molar-refractivity contribution in [2.75, 3.05) is 0 Å². The van der Waals surface area contributed by atoms with E-state index in [1.807, 2.05) is 54.6 Å². The number of hydrazone groups is 1. The van der Waals surface area contributed by atoms with Crippen molar-refractivity contribution in [1.29, 1.82) is 0 Å². The molecule has 1 heterocycles. The molecular weight excluding hydrogens is 366 g/mol. The van der Waals surface area contributed by atoms with Crippen molar-refractivity contribution in [3.05, 3.63) is 100 Å². The number of benzene rings is 2. The molecule has 0 bridgehead atoms. The molecule has 0 aliphatic heterocycles. The average Bonchev–Trinajstić information content (AvgIpc) is 2.64. The van der Waals surface area contributed by atoms with Crippen molar-refractivity contribution < 1.29 is 4.79 Å². The number of carbonyl (C=O) groups is 1. The zero-order chi connectivity index (χ0) is 16.8. The van der Waals surface area contributed by atoms with Crippen molar-refractivity contribution in [2.45, 2.75) is 0 Å². The molecule has 0 saturated heterocycles. The van der Waals surface area contributed by atoms with Crippen LogP contribution in [0.4, 0.5) is 0 Å². The monoisotopic (exact) mass is 379 g/mol. The molecule has 3 aromatic rings.